The van der Waals surface area contributed by atoms with E-state index in [0.29, 0.717) is 18.1 Å². The van der Waals surface area contributed by atoms with E-state index >= 15 is 0 Å². The lowest BCUT2D eigenvalue weighted by Crippen LogP contribution is -2.12. The van der Waals surface area contributed by atoms with Crippen molar-refractivity contribution in [2.75, 3.05) is 11.1 Å². The van der Waals surface area contributed by atoms with Gasteiger partial charge in [-0.3, -0.25) is 10.1 Å². The van der Waals surface area contributed by atoms with Gasteiger partial charge in [-0.1, -0.05) is 40.5 Å². The number of benzene rings is 2. The van der Waals surface area contributed by atoms with Gasteiger partial charge in [-0.2, -0.15) is 0 Å². The zero-order valence-electron chi connectivity index (χ0n) is 14.2. The summed E-state index contributed by atoms with van der Waals surface area (Å²) in [6.45, 7) is 4.03. The van der Waals surface area contributed by atoms with E-state index in [1.165, 1.54) is 0 Å². The predicted octanol–water partition coefficient (Wildman–Crippen LogP) is 4.47. The summed E-state index contributed by atoms with van der Waals surface area (Å²) in [5.41, 5.74) is 3.10. The number of thioether (sulfide) groups is 1. The summed E-state index contributed by atoms with van der Waals surface area (Å²) < 4.78 is 5.55. The molecule has 1 N–H and O–H groups in total. The number of rotatable bonds is 6. The van der Waals surface area contributed by atoms with Crippen molar-refractivity contribution in [3.8, 4) is 11.5 Å². The highest BCUT2D eigenvalue weighted by Crippen LogP contribution is 2.23. The molecule has 3 aromatic rings. The Hall–Kier alpha value is -2.60. The van der Waals surface area contributed by atoms with Crippen molar-refractivity contribution in [3.05, 3.63) is 59.7 Å². The van der Waals surface area contributed by atoms with Gasteiger partial charge in [-0.05, 0) is 38.1 Å². The molecule has 0 fully saturated rings. The van der Waals surface area contributed by atoms with Crippen LogP contribution in [-0.4, -0.2) is 21.9 Å². The minimum atomic E-state index is -0.140. The van der Waals surface area contributed by atoms with E-state index in [9.17, 15) is 4.79 Å². The second-order valence-electron chi connectivity index (χ2n) is 5.75. The average molecular weight is 353 g/mol. The Bertz CT molecular complexity index is 842. The van der Waals surface area contributed by atoms with E-state index in [1.807, 2.05) is 56.3 Å². The number of nitrogens with zero attached hydrogens (tertiary/aromatic N) is 2. The summed E-state index contributed by atoms with van der Waals surface area (Å²) in [5.74, 6) is 0.952. The first-order chi connectivity index (χ1) is 12.1. The normalized spacial score (nSPS) is 10.6. The number of hydrogen-bond donors (Lipinski definition) is 1. The highest BCUT2D eigenvalue weighted by atomic mass is 32.2. The van der Waals surface area contributed by atoms with Crippen LogP contribution >= 0.6 is 11.8 Å². The van der Waals surface area contributed by atoms with E-state index in [-0.39, 0.29) is 11.9 Å². The SMILES string of the molecule is Cc1cc(C)cc(-c2nnc(NC(=O)CCSc3ccccc3)o2)c1. The third-order valence-electron chi connectivity index (χ3n) is 3.48. The molecule has 0 aliphatic carbocycles. The zero-order valence-corrected chi connectivity index (χ0v) is 15.0. The van der Waals surface area contributed by atoms with Crippen LogP contribution in [-0.2, 0) is 4.79 Å². The molecule has 128 valence electrons. The van der Waals surface area contributed by atoms with Crippen molar-refractivity contribution >= 4 is 23.7 Å². The van der Waals surface area contributed by atoms with Crippen LogP contribution in [0.2, 0.25) is 0 Å². The Balaban J connectivity index is 1.55. The van der Waals surface area contributed by atoms with Crippen molar-refractivity contribution in [1.29, 1.82) is 0 Å². The summed E-state index contributed by atoms with van der Waals surface area (Å²) >= 11 is 1.64. The first-order valence-electron chi connectivity index (χ1n) is 8.00. The van der Waals surface area contributed by atoms with Crippen LogP contribution in [0.4, 0.5) is 6.01 Å². The van der Waals surface area contributed by atoms with Crippen molar-refractivity contribution in [2.45, 2.75) is 25.2 Å². The molecule has 0 spiro atoms. The third kappa shape index (κ3) is 4.93. The monoisotopic (exact) mass is 353 g/mol. The summed E-state index contributed by atoms with van der Waals surface area (Å²) in [7, 11) is 0. The lowest BCUT2D eigenvalue weighted by atomic mass is 10.1. The maximum Gasteiger partial charge on any atom is 0.322 e. The fourth-order valence-corrected chi connectivity index (χ4v) is 3.32. The summed E-state index contributed by atoms with van der Waals surface area (Å²) in [6, 6.07) is 16.1. The van der Waals surface area contributed by atoms with E-state index in [2.05, 4.69) is 21.6 Å². The molecular formula is C19H19N3O2S. The Morgan fingerprint density at radius 2 is 1.80 bits per heavy atom. The van der Waals surface area contributed by atoms with Gasteiger partial charge < -0.3 is 4.42 Å². The number of carbonyl (C=O) groups excluding carboxylic acids is 1. The minimum absolute atomic E-state index is 0.129. The Labute approximate surface area is 150 Å². The van der Waals surface area contributed by atoms with Gasteiger partial charge in [0.05, 0.1) is 0 Å². The van der Waals surface area contributed by atoms with Gasteiger partial charge in [0.1, 0.15) is 0 Å². The summed E-state index contributed by atoms with van der Waals surface area (Å²) in [6.07, 6.45) is 0.376. The van der Waals surface area contributed by atoms with Crippen molar-refractivity contribution < 1.29 is 9.21 Å². The lowest BCUT2D eigenvalue weighted by Gasteiger charge is -2.02. The lowest BCUT2D eigenvalue weighted by molar-refractivity contribution is -0.115. The predicted molar refractivity (Wildman–Crippen MR) is 99.6 cm³/mol. The van der Waals surface area contributed by atoms with Gasteiger partial charge in [0.2, 0.25) is 11.8 Å². The second-order valence-corrected chi connectivity index (χ2v) is 6.92. The largest absolute Gasteiger partial charge is 0.403 e. The first kappa shape index (κ1) is 17.2. The zero-order chi connectivity index (χ0) is 17.6. The fourth-order valence-electron chi connectivity index (χ4n) is 2.45. The van der Waals surface area contributed by atoms with Crippen LogP contribution in [0.15, 0.2) is 57.8 Å². The number of aromatic nitrogens is 2. The third-order valence-corrected chi connectivity index (χ3v) is 4.49. The van der Waals surface area contributed by atoms with Crippen LogP contribution in [0.3, 0.4) is 0 Å². The highest BCUT2D eigenvalue weighted by Gasteiger charge is 2.12. The molecule has 0 unspecified atom stereocenters. The number of amides is 1. The van der Waals surface area contributed by atoms with Gasteiger partial charge in [0.15, 0.2) is 0 Å². The number of hydrogen-bond acceptors (Lipinski definition) is 5. The van der Waals surface area contributed by atoms with Crippen molar-refractivity contribution in [1.82, 2.24) is 10.2 Å². The number of anilines is 1. The molecule has 0 aliphatic rings. The topological polar surface area (TPSA) is 68.0 Å². The molecule has 5 nitrogen and oxygen atoms in total. The Morgan fingerprint density at radius 1 is 1.08 bits per heavy atom. The van der Waals surface area contributed by atoms with E-state index < -0.39 is 0 Å². The smallest absolute Gasteiger partial charge is 0.322 e. The van der Waals surface area contributed by atoms with E-state index in [4.69, 9.17) is 4.42 Å². The summed E-state index contributed by atoms with van der Waals surface area (Å²) in [4.78, 5) is 13.1. The number of aryl methyl sites for hydroxylation is 2. The molecule has 0 saturated heterocycles. The van der Waals surface area contributed by atoms with Crippen LogP contribution in [0.5, 0.6) is 0 Å². The molecular weight excluding hydrogens is 334 g/mol. The minimum Gasteiger partial charge on any atom is -0.403 e. The molecule has 0 aliphatic heterocycles. The Kier molecular flexibility index (Phi) is 5.50. The highest BCUT2D eigenvalue weighted by molar-refractivity contribution is 7.99. The van der Waals surface area contributed by atoms with Crippen LogP contribution in [0.1, 0.15) is 17.5 Å². The molecule has 0 saturated carbocycles. The standard InChI is InChI=1S/C19H19N3O2S/c1-13-10-14(2)12-15(11-13)18-21-22-19(24-18)20-17(23)8-9-25-16-6-4-3-5-7-16/h3-7,10-12H,8-9H2,1-2H3,(H,20,22,23). The molecule has 2 aromatic carbocycles. The van der Waals surface area contributed by atoms with Crippen LogP contribution < -0.4 is 5.32 Å². The van der Waals surface area contributed by atoms with Gasteiger partial charge in [-0.15, -0.1) is 16.9 Å². The van der Waals surface area contributed by atoms with Crippen LogP contribution in [0, 0.1) is 13.8 Å². The maximum absolute atomic E-state index is 12.0. The molecule has 1 aromatic heterocycles. The van der Waals surface area contributed by atoms with E-state index in [1.54, 1.807) is 11.8 Å². The molecule has 1 amide bonds. The molecule has 3 rings (SSSR count). The van der Waals surface area contributed by atoms with Gasteiger partial charge in [0.25, 0.3) is 0 Å². The molecule has 25 heavy (non-hydrogen) atoms. The van der Waals surface area contributed by atoms with Gasteiger partial charge in [0, 0.05) is 22.6 Å². The average Bonchev–Trinajstić information content (AvgIpc) is 3.03. The second kappa shape index (κ2) is 7.98. The Morgan fingerprint density at radius 3 is 2.52 bits per heavy atom. The molecule has 0 radical (unpaired) electrons. The number of carbonyl (C=O) groups is 1. The quantitative estimate of drug-likeness (QED) is 0.662. The molecule has 1 heterocycles. The van der Waals surface area contributed by atoms with E-state index in [0.717, 1.165) is 21.6 Å². The number of nitrogens with one attached hydrogen (secondary N) is 1. The van der Waals surface area contributed by atoms with Crippen LogP contribution in [0.25, 0.3) is 11.5 Å². The van der Waals surface area contributed by atoms with Gasteiger partial charge >= 0.3 is 6.01 Å². The van der Waals surface area contributed by atoms with Crippen molar-refractivity contribution in [2.24, 2.45) is 0 Å². The maximum atomic E-state index is 12.0. The fraction of sp³-hybridized carbons (Fsp3) is 0.211. The van der Waals surface area contributed by atoms with Crippen molar-refractivity contribution in [3.63, 3.8) is 0 Å². The first-order valence-corrected chi connectivity index (χ1v) is 8.98. The molecule has 6 heteroatoms. The molecule has 0 atom stereocenters. The van der Waals surface area contributed by atoms with Gasteiger partial charge in [-0.25, -0.2) is 0 Å². The molecule has 0 bridgehead atoms. The summed E-state index contributed by atoms with van der Waals surface area (Å²) in [5, 5.41) is 10.6.